The molecule has 26 heavy (non-hydrogen) atoms. The average molecular weight is 389 g/mol. The molecule has 1 saturated heterocycles. The van der Waals surface area contributed by atoms with Crippen LogP contribution in [0.2, 0.25) is 0 Å². The van der Waals surface area contributed by atoms with Crippen LogP contribution in [-0.2, 0) is 11.2 Å². The monoisotopic (exact) mass is 388 g/mol. The van der Waals surface area contributed by atoms with Crippen LogP contribution in [0.5, 0.6) is 0 Å². The highest BCUT2D eigenvalue weighted by Gasteiger charge is 2.24. The van der Waals surface area contributed by atoms with Gasteiger partial charge in [0, 0.05) is 44.0 Å². The molecule has 1 aliphatic rings. The first-order valence-corrected chi connectivity index (χ1v) is 10.4. The molecule has 3 aromatic rings. The standard InChI is InChI=1S/C18H20N4O2S2/c1-13-3-9-25-16(13)17(24)21-5-2-4-20(6-7-21)15(23)11-14-12-22-8-10-26-18(22)19-14/h3,8-10,12H,2,4-7,11H2,1H3. The third kappa shape index (κ3) is 3.39. The van der Waals surface area contributed by atoms with Crippen molar-refractivity contribution in [3.05, 3.63) is 45.4 Å². The van der Waals surface area contributed by atoms with Gasteiger partial charge < -0.3 is 9.80 Å². The van der Waals surface area contributed by atoms with Crippen LogP contribution < -0.4 is 0 Å². The number of aryl methyl sites for hydroxylation is 1. The second kappa shape index (κ2) is 7.20. The van der Waals surface area contributed by atoms with Crippen LogP contribution in [0.1, 0.15) is 27.3 Å². The molecule has 1 fully saturated rings. The molecule has 8 heteroatoms. The number of fused-ring (bicyclic) bond motifs is 1. The van der Waals surface area contributed by atoms with Gasteiger partial charge in [0.2, 0.25) is 5.91 Å². The number of amides is 2. The molecule has 2 amide bonds. The lowest BCUT2D eigenvalue weighted by atomic mass is 10.2. The van der Waals surface area contributed by atoms with E-state index >= 15 is 0 Å². The van der Waals surface area contributed by atoms with Crippen LogP contribution in [0.3, 0.4) is 0 Å². The largest absolute Gasteiger partial charge is 0.341 e. The lowest BCUT2D eigenvalue weighted by Gasteiger charge is -2.22. The van der Waals surface area contributed by atoms with Gasteiger partial charge in [-0.15, -0.1) is 22.7 Å². The van der Waals surface area contributed by atoms with Crippen molar-refractivity contribution in [2.75, 3.05) is 26.2 Å². The number of thiazole rings is 1. The van der Waals surface area contributed by atoms with E-state index in [4.69, 9.17) is 0 Å². The summed E-state index contributed by atoms with van der Waals surface area (Å²) in [4.78, 5) is 35.3. The third-order valence-electron chi connectivity index (χ3n) is 4.67. The molecule has 6 nitrogen and oxygen atoms in total. The zero-order chi connectivity index (χ0) is 18.1. The number of aromatic nitrogens is 2. The van der Waals surface area contributed by atoms with E-state index in [1.165, 1.54) is 11.3 Å². The van der Waals surface area contributed by atoms with E-state index in [1.807, 2.05) is 50.3 Å². The second-order valence-corrected chi connectivity index (χ2v) is 8.25. The maximum absolute atomic E-state index is 12.7. The highest BCUT2D eigenvalue weighted by atomic mass is 32.1. The number of imidazole rings is 1. The minimum absolute atomic E-state index is 0.0809. The Hall–Kier alpha value is -2.19. The Balaban J connectivity index is 1.38. The minimum atomic E-state index is 0.0809. The molecule has 3 aromatic heterocycles. The molecule has 136 valence electrons. The van der Waals surface area contributed by atoms with Gasteiger partial charge in [-0.1, -0.05) is 0 Å². The summed E-state index contributed by atoms with van der Waals surface area (Å²) in [6, 6.07) is 1.97. The zero-order valence-electron chi connectivity index (χ0n) is 14.6. The quantitative estimate of drug-likeness (QED) is 0.693. The van der Waals surface area contributed by atoms with Crippen LogP contribution in [0.25, 0.3) is 4.96 Å². The smallest absolute Gasteiger partial charge is 0.264 e. The summed E-state index contributed by atoms with van der Waals surface area (Å²) in [6.45, 7) is 4.51. The van der Waals surface area contributed by atoms with Crippen LogP contribution in [-0.4, -0.2) is 57.2 Å². The van der Waals surface area contributed by atoms with Crippen molar-refractivity contribution in [2.24, 2.45) is 0 Å². The zero-order valence-corrected chi connectivity index (χ0v) is 16.2. The summed E-state index contributed by atoms with van der Waals surface area (Å²) >= 11 is 3.05. The van der Waals surface area contributed by atoms with Crippen molar-refractivity contribution in [1.29, 1.82) is 0 Å². The summed E-state index contributed by atoms with van der Waals surface area (Å²) in [5, 5.41) is 3.93. The Labute approximate surface area is 159 Å². The predicted octanol–water partition coefficient (Wildman–Crippen LogP) is 2.68. The Morgan fingerprint density at radius 3 is 2.69 bits per heavy atom. The lowest BCUT2D eigenvalue weighted by molar-refractivity contribution is -0.130. The van der Waals surface area contributed by atoms with E-state index in [1.54, 1.807) is 11.3 Å². The maximum atomic E-state index is 12.7. The van der Waals surface area contributed by atoms with Gasteiger partial charge in [0.25, 0.3) is 5.91 Å². The number of carbonyl (C=O) groups excluding carboxylic acids is 2. The molecule has 0 spiro atoms. The minimum Gasteiger partial charge on any atom is -0.341 e. The van der Waals surface area contributed by atoms with Crippen LogP contribution in [0.15, 0.2) is 29.2 Å². The van der Waals surface area contributed by atoms with Crippen LogP contribution >= 0.6 is 22.7 Å². The average Bonchev–Trinajstić information content (AvgIpc) is 3.26. The van der Waals surface area contributed by atoms with Gasteiger partial charge in [-0.3, -0.25) is 14.0 Å². The van der Waals surface area contributed by atoms with E-state index in [9.17, 15) is 9.59 Å². The van der Waals surface area contributed by atoms with Gasteiger partial charge in [-0.25, -0.2) is 4.98 Å². The van der Waals surface area contributed by atoms with Crippen molar-refractivity contribution in [3.8, 4) is 0 Å². The Kier molecular flexibility index (Phi) is 4.78. The molecule has 0 bridgehead atoms. The first-order valence-electron chi connectivity index (χ1n) is 8.64. The molecular weight excluding hydrogens is 368 g/mol. The molecule has 1 aliphatic heterocycles. The highest BCUT2D eigenvalue weighted by Crippen LogP contribution is 2.19. The van der Waals surface area contributed by atoms with Gasteiger partial charge in [-0.05, 0) is 30.4 Å². The lowest BCUT2D eigenvalue weighted by Crippen LogP contribution is -2.38. The normalized spacial score (nSPS) is 15.4. The first kappa shape index (κ1) is 17.2. The van der Waals surface area contributed by atoms with Crippen LogP contribution in [0, 0.1) is 6.92 Å². The van der Waals surface area contributed by atoms with Crippen molar-refractivity contribution < 1.29 is 9.59 Å². The fourth-order valence-electron chi connectivity index (χ4n) is 3.23. The van der Waals surface area contributed by atoms with E-state index in [0.717, 1.165) is 27.5 Å². The number of rotatable bonds is 3. The fraction of sp³-hybridized carbons (Fsp3) is 0.389. The molecule has 0 radical (unpaired) electrons. The molecule has 0 aromatic carbocycles. The molecule has 0 unspecified atom stereocenters. The number of hydrogen-bond donors (Lipinski definition) is 0. The number of hydrogen-bond acceptors (Lipinski definition) is 5. The van der Waals surface area contributed by atoms with Gasteiger partial charge in [0.1, 0.15) is 0 Å². The Morgan fingerprint density at radius 2 is 1.92 bits per heavy atom. The van der Waals surface area contributed by atoms with Gasteiger partial charge in [0.05, 0.1) is 17.0 Å². The summed E-state index contributed by atoms with van der Waals surface area (Å²) in [5.74, 6) is 0.165. The highest BCUT2D eigenvalue weighted by molar-refractivity contribution is 7.15. The van der Waals surface area contributed by atoms with Crippen LogP contribution in [0.4, 0.5) is 0 Å². The number of carbonyl (C=O) groups is 2. The maximum Gasteiger partial charge on any atom is 0.264 e. The number of thiophene rings is 1. The topological polar surface area (TPSA) is 57.9 Å². The van der Waals surface area contributed by atoms with E-state index in [-0.39, 0.29) is 11.8 Å². The third-order valence-corrected chi connectivity index (χ3v) is 6.44. The summed E-state index contributed by atoms with van der Waals surface area (Å²) in [5.41, 5.74) is 1.82. The van der Waals surface area contributed by atoms with Gasteiger partial charge >= 0.3 is 0 Å². The molecular formula is C18H20N4O2S2. The van der Waals surface area contributed by atoms with Crippen molar-refractivity contribution in [2.45, 2.75) is 19.8 Å². The number of nitrogens with zero attached hydrogens (tertiary/aromatic N) is 4. The molecule has 0 saturated carbocycles. The summed E-state index contributed by atoms with van der Waals surface area (Å²) in [6.07, 6.45) is 4.98. The molecule has 4 rings (SSSR count). The molecule has 4 heterocycles. The fourth-order valence-corrected chi connectivity index (χ4v) is 4.84. The molecule has 0 aliphatic carbocycles. The van der Waals surface area contributed by atoms with Gasteiger partial charge in [0.15, 0.2) is 4.96 Å². The summed E-state index contributed by atoms with van der Waals surface area (Å²) in [7, 11) is 0. The molecule has 0 N–H and O–H groups in total. The SMILES string of the molecule is Cc1ccsc1C(=O)N1CCCN(C(=O)Cc2cn3ccsc3n2)CC1. The van der Waals surface area contributed by atoms with Crippen molar-refractivity contribution >= 4 is 39.4 Å². The predicted molar refractivity (Wildman–Crippen MR) is 103 cm³/mol. The second-order valence-electron chi connectivity index (χ2n) is 6.46. The summed E-state index contributed by atoms with van der Waals surface area (Å²) < 4.78 is 1.94. The van der Waals surface area contributed by atoms with Crippen molar-refractivity contribution in [3.63, 3.8) is 0 Å². The Morgan fingerprint density at radius 1 is 1.12 bits per heavy atom. The molecule has 0 atom stereocenters. The first-order chi connectivity index (χ1) is 12.6. The van der Waals surface area contributed by atoms with E-state index in [0.29, 0.717) is 32.6 Å². The van der Waals surface area contributed by atoms with Gasteiger partial charge in [-0.2, -0.15) is 0 Å². The van der Waals surface area contributed by atoms with E-state index < -0.39 is 0 Å². The van der Waals surface area contributed by atoms with E-state index in [2.05, 4.69) is 4.98 Å². The Bertz CT molecular complexity index is 913. The van der Waals surface area contributed by atoms with Crippen molar-refractivity contribution in [1.82, 2.24) is 19.2 Å².